The third kappa shape index (κ3) is 11.6. The number of anilines is 2. The fourth-order valence-electron chi connectivity index (χ4n) is 6.68. The molecular formula is C43H48ClN5O5S3. The Labute approximate surface area is 346 Å². The summed E-state index contributed by atoms with van der Waals surface area (Å²) in [6, 6.07) is 36.8. The summed E-state index contributed by atoms with van der Waals surface area (Å²) in [4.78, 5) is 20.6. The van der Waals surface area contributed by atoms with Crippen LogP contribution in [0.3, 0.4) is 0 Å². The largest absolute Gasteiger partial charge is 0.380 e. The third-order valence-corrected chi connectivity index (χ3v) is 13.7. The van der Waals surface area contributed by atoms with Gasteiger partial charge in [-0.3, -0.25) is 9.69 Å². The molecule has 0 radical (unpaired) electrons. The molecule has 0 saturated carbocycles. The van der Waals surface area contributed by atoms with Crippen LogP contribution in [0.1, 0.15) is 22.3 Å². The van der Waals surface area contributed by atoms with Crippen molar-refractivity contribution in [3.8, 4) is 11.1 Å². The van der Waals surface area contributed by atoms with E-state index >= 15 is 0 Å². The first-order valence-corrected chi connectivity index (χ1v) is 23.4. The molecule has 1 atom stereocenters. The molecular weight excluding hydrogens is 798 g/mol. The summed E-state index contributed by atoms with van der Waals surface area (Å²) in [6.45, 7) is 4.86. The number of carbonyl (C=O) groups excluding carboxylic acids is 1. The predicted molar refractivity (Wildman–Crippen MR) is 233 cm³/mol. The third-order valence-electron chi connectivity index (χ3n) is 9.80. The Kier molecular flexibility index (Phi) is 14.0. The first kappa shape index (κ1) is 42.2. The van der Waals surface area contributed by atoms with E-state index in [1.54, 1.807) is 23.9 Å². The quantitative estimate of drug-likeness (QED) is 0.0975. The average Bonchev–Trinajstić information content (AvgIpc) is 3.19. The van der Waals surface area contributed by atoms with Crippen molar-refractivity contribution < 1.29 is 21.6 Å². The van der Waals surface area contributed by atoms with Gasteiger partial charge in [0.05, 0.1) is 15.5 Å². The van der Waals surface area contributed by atoms with E-state index in [2.05, 4.69) is 42.9 Å². The van der Waals surface area contributed by atoms with Gasteiger partial charge in [0.2, 0.25) is 0 Å². The van der Waals surface area contributed by atoms with E-state index in [-0.39, 0.29) is 21.4 Å². The molecule has 1 heterocycles. The van der Waals surface area contributed by atoms with Gasteiger partial charge in [0.1, 0.15) is 0 Å². The molecule has 0 aromatic heterocycles. The molecule has 0 bridgehead atoms. The molecule has 1 aliphatic rings. The fourth-order valence-corrected chi connectivity index (χ4v) is 9.74. The van der Waals surface area contributed by atoms with Crippen LogP contribution >= 0.6 is 23.4 Å². The normalized spacial score (nSPS) is 14.4. The maximum Gasteiger partial charge on any atom is 0.264 e. The van der Waals surface area contributed by atoms with Gasteiger partial charge in [0, 0.05) is 71.9 Å². The smallest absolute Gasteiger partial charge is 0.264 e. The minimum Gasteiger partial charge on any atom is -0.380 e. The van der Waals surface area contributed by atoms with Crippen LogP contribution in [-0.4, -0.2) is 97.4 Å². The molecule has 1 saturated heterocycles. The summed E-state index contributed by atoms with van der Waals surface area (Å²) < 4.78 is 55.1. The van der Waals surface area contributed by atoms with E-state index in [1.807, 2.05) is 86.9 Å². The van der Waals surface area contributed by atoms with Crippen LogP contribution in [0.4, 0.5) is 11.4 Å². The van der Waals surface area contributed by atoms with E-state index < -0.39 is 25.8 Å². The summed E-state index contributed by atoms with van der Waals surface area (Å²) in [7, 11) is -4.33. The maximum absolute atomic E-state index is 13.5. The van der Waals surface area contributed by atoms with E-state index in [4.69, 9.17) is 11.6 Å². The Hall–Kier alpha value is -4.37. The van der Waals surface area contributed by atoms with Gasteiger partial charge in [-0.2, -0.15) is 0 Å². The van der Waals surface area contributed by atoms with Gasteiger partial charge in [-0.05, 0) is 110 Å². The number of benzene rings is 5. The van der Waals surface area contributed by atoms with Crippen molar-refractivity contribution in [2.24, 2.45) is 0 Å². The number of piperazine rings is 1. The van der Waals surface area contributed by atoms with Crippen LogP contribution in [0.2, 0.25) is 5.02 Å². The van der Waals surface area contributed by atoms with Crippen molar-refractivity contribution in [1.82, 2.24) is 14.5 Å². The van der Waals surface area contributed by atoms with E-state index in [9.17, 15) is 21.6 Å². The highest BCUT2D eigenvalue weighted by molar-refractivity contribution is 7.99. The Morgan fingerprint density at radius 2 is 1.49 bits per heavy atom. The number of sulfonamides is 1. The van der Waals surface area contributed by atoms with Crippen molar-refractivity contribution >= 4 is 60.5 Å². The molecule has 0 spiro atoms. The second-order valence-electron chi connectivity index (χ2n) is 14.4. The highest BCUT2D eigenvalue weighted by Crippen LogP contribution is 2.30. The van der Waals surface area contributed by atoms with Gasteiger partial charge in [-0.1, -0.05) is 66.2 Å². The van der Waals surface area contributed by atoms with Gasteiger partial charge in [-0.15, -0.1) is 11.8 Å². The van der Waals surface area contributed by atoms with E-state index in [0.717, 1.165) is 74.2 Å². The van der Waals surface area contributed by atoms with Crippen molar-refractivity contribution in [2.75, 3.05) is 69.0 Å². The highest BCUT2D eigenvalue weighted by atomic mass is 35.5. The summed E-state index contributed by atoms with van der Waals surface area (Å²) in [5.41, 5.74) is 4.97. The summed E-state index contributed by atoms with van der Waals surface area (Å²) in [5, 5.41) is 4.07. The average molecular weight is 847 g/mol. The van der Waals surface area contributed by atoms with Gasteiger partial charge < -0.3 is 15.1 Å². The lowest BCUT2D eigenvalue weighted by molar-refractivity contribution is 0.0981. The van der Waals surface area contributed by atoms with Crippen molar-refractivity contribution in [3.05, 3.63) is 137 Å². The zero-order valence-electron chi connectivity index (χ0n) is 32.3. The molecule has 1 amide bonds. The number of rotatable bonds is 16. The molecule has 10 nitrogen and oxygen atoms in total. The number of carbonyl (C=O) groups is 1. The number of sulfone groups is 1. The first-order valence-electron chi connectivity index (χ1n) is 18.7. The number of amides is 1. The van der Waals surface area contributed by atoms with Crippen molar-refractivity contribution in [3.63, 3.8) is 0 Å². The molecule has 0 unspecified atom stereocenters. The van der Waals surface area contributed by atoms with Crippen LogP contribution in [0, 0.1) is 0 Å². The molecule has 300 valence electrons. The number of thioether (sulfide) groups is 1. The summed E-state index contributed by atoms with van der Waals surface area (Å²) in [6.07, 6.45) is 1.77. The van der Waals surface area contributed by atoms with Crippen LogP contribution in [0.25, 0.3) is 11.1 Å². The molecule has 0 aliphatic carbocycles. The SMILES string of the molecule is CN(C)CC[C@H](CSc1ccccc1)Nc1ccc(S(=O)(=O)NC(=O)c2ccc(N3CCN(Cc4ccccc4-c4ccc(Cl)cc4)CC3)cc2)cc1S(C)(=O)=O. The Bertz CT molecular complexity index is 2360. The summed E-state index contributed by atoms with van der Waals surface area (Å²) in [5.74, 6) is -0.150. The maximum atomic E-state index is 13.5. The van der Waals surface area contributed by atoms with Gasteiger partial charge >= 0.3 is 0 Å². The standard InChI is InChI=1S/C43H48ClN5O5S3/c1-47(2)24-23-36(31-55-38-10-5-4-6-11-38)45-41-22-21-39(29-42(41)56(3,51)52)57(53,54)46-43(50)33-15-19-37(20-16-33)49-27-25-48(26-28-49)30-34-9-7-8-12-40(34)32-13-17-35(44)18-14-32/h4-22,29,36,45H,23-28,30-31H2,1-3H3,(H,46,50)/t36-/m1/s1. The van der Waals surface area contributed by atoms with Crippen molar-refractivity contribution in [1.29, 1.82) is 0 Å². The molecule has 57 heavy (non-hydrogen) atoms. The second kappa shape index (κ2) is 18.9. The molecule has 5 aromatic carbocycles. The van der Waals surface area contributed by atoms with Gasteiger partial charge in [0.15, 0.2) is 9.84 Å². The predicted octanol–water partition coefficient (Wildman–Crippen LogP) is 7.38. The molecule has 6 rings (SSSR count). The molecule has 1 fully saturated rings. The zero-order chi connectivity index (χ0) is 40.6. The monoisotopic (exact) mass is 845 g/mol. The van der Waals surface area contributed by atoms with Crippen LogP contribution < -0.4 is 14.9 Å². The zero-order valence-corrected chi connectivity index (χ0v) is 35.5. The Balaban J connectivity index is 1.08. The van der Waals surface area contributed by atoms with Crippen LogP contribution in [0.5, 0.6) is 0 Å². The van der Waals surface area contributed by atoms with E-state index in [1.165, 1.54) is 23.3 Å². The highest BCUT2D eigenvalue weighted by Gasteiger charge is 2.25. The number of hydrogen-bond donors (Lipinski definition) is 2. The topological polar surface area (TPSA) is 119 Å². The molecule has 2 N–H and O–H groups in total. The number of nitrogens with one attached hydrogen (secondary N) is 2. The Morgan fingerprint density at radius 3 is 2.16 bits per heavy atom. The molecule has 5 aromatic rings. The van der Waals surface area contributed by atoms with Crippen LogP contribution in [0.15, 0.2) is 136 Å². The second-order valence-corrected chi connectivity index (χ2v) is 19.6. The number of nitrogens with zero attached hydrogens (tertiary/aromatic N) is 3. The number of hydrogen-bond acceptors (Lipinski definition) is 10. The fraction of sp³-hybridized carbons (Fsp3) is 0.279. The van der Waals surface area contributed by atoms with Crippen molar-refractivity contribution in [2.45, 2.75) is 33.7 Å². The van der Waals surface area contributed by atoms with Gasteiger partial charge in [0.25, 0.3) is 15.9 Å². The van der Waals surface area contributed by atoms with Gasteiger partial charge in [-0.25, -0.2) is 21.6 Å². The van der Waals surface area contributed by atoms with E-state index in [0.29, 0.717) is 16.5 Å². The minimum atomic E-state index is -4.41. The Morgan fingerprint density at radius 1 is 0.825 bits per heavy atom. The minimum absolute atomic E-state index is 0.115. The first-order chi connectivity index (χ1) is 27.2. The molecule has 14 heteroatoms. The summed E-state index contributed by atoms with van der Waals surface area (Å²) >= 11 is 7.77. The number of halogens is 1. The van der Waals surface area contributed by atoms with Crippen LogP contribution in [-0.2, 0) is 26.4 Å². The molecule has 1 aliphatic heterocycles. The lowest BCUT2D eigenvalue weighted by Crippen LogP contribution is -2.46. The lowest BCUT2D eigenvalue weighted by Gasteiger charge is -2.36. The lowest BCUT2D eigenvalue weighted by atomic mass is 9.99.